The first-order valence-electron chi connectivity index (χ1n) is 7.20. The first-order chi connectivity index (χ1) is 11.1. The Labute approximate surface area is 134 Å². The highest BCUT2D eigenvalue weighted by Gasteiger charge is 2.30. The molecule has 6 nitrogen and oxygen atoms in total. The summed E-state index contributed by atoms with van der Waals surface area (Å²) in [6.07, 6.45) is 2.44. The van der Waals surface area contributed by atoms with Gasteiger partial charge in [0, 0.05) is 18.7 Å². The predicted octanol–water partition coefficient (Wildman–Crippen LogP) is 2.51. The Bertz CT molecular complexity index is 842. The van der Waals surface area contributed by atoms with Crippen LogP contribution in [0.15, 0.2) is 30.5 Å². The number of fused-ring (bicyclic) bond motifs is 1. The minimum atomic E-state index is -0.757. The van der Waals surface area contributed by atoms with Crippen LogP contribution in [0.2, 0.25) is 0 Å². The fourth-order valence-corrected chi connectivity index (χ4v) is 3.63. The molecular formula is C15H13FN4O2S. The average Bonchev–Trinajstić information content (AvgIpc) is 3.21. The zero-order chi connectivity index (χ0) is 16.0. The summed E-state index contributed by atoms with van der Waals surface area (Å²) in [4.78, 5) is 18.3. The van der Waals surface area contributed by atoms with Crippen molar-refractivity contribution >= 4 is 27.4 Å². The van der Waals surface area contributed by atoms with E-state index in [9.17, 15) is 9.18 Å². The molecule has 0 radical (unpaired) electrons. The molecule has 0 aliphatic carbocycles. The minimum Gasteiger partial charge on any atom is -0.481 e. The summed E-state index contributed by atoms with van der Waals surface area (Å²) in [6.45, 7) is 1.18. The predicted molar refractivity (Wildman–Crippen MR) is 84.2 cm³/mol. The first-order valence-corrected chi connectivity index (χ1v) is 8.02. The molecule has 118 valence electrons. The minimum absolute atomic E-state index is 0.280. The summed E-state index contributed by atoms with van der Waals surface area (Å²) < 4.78 is 14.7. The number of anilines is 1. The number of hydrogen-bond acceptors (Lipinski definition) is 5. The van der Waals surface area contributed by atoms with Crippen molar-refractivity contribution in [1.82, 2.24) is 14.6 Å². The van der Waals surface area contributed by atoms with Crippen molar-refractivity contribution in [3.8, 4) is 11.3 Å². The summed E-state index contributed by atoms with van der Waals surface area (Å²) in [7, 11) is 0. The third kappa shape index (κ3) is 2.55. The van der Waals surface area contributed by atoms with Crippen molar-refractivity contribution in [1.29, 1.82) is 0 Å². The van der Waals surface area contributed by atoms with Crippen molar-refractivity contribution in [2.45, 2.75) is 6.42 Å². The van der Waals surface area contributed by atoms with Crippen LogP contribution in [-0.4, -0.2) is 38.8 Å². The molecule has 8 heteroatoms. The van der Waals surface area contributed by atoms with Crippen molar-refractivity contribution in [2.75, 3.05) is 18.0 Å². The maximum absolute atomic E-state index is 13.0. The van der Waals surface area contributed by atoms with E-state index in [1.54, 1.807) is 22.8 Å². The second kappa shape index (κ2) is 5.31. The molecule has 1 unspecified atom stereocenters. The Balaban J connectivity index is 1.60. The fourth-order valence-electron chi connectivity index (χ4n) is 2.71. The van der Waals surface area contributed by atoms with Gasteiger partial charge in [0.2, 0.25) is 10.1 Å². The molecule has 1 atom stereocenters. The number of imidazole rings is 1. The molecule has 0 amide bonds. The van der Waals surface area contributed by atoms with Gasteiger partial charge >= 0.3 is 5.97 Å². The second-order valence-electron chi connectivity index (χ2n) is 5.51. The third-order valence-corrected chi connectivity index (χ3v) is 4.96. The highest BCUT2D eigenvalue weighted by Crippen LogP contribution is 2.30. The standard InChI is InChI=1S/C15H13FN4O2S/c16-11-3-1-9(2-4-11)12-8-20-14(17-12)23-15(18-20)19-6-5-10(7-19)13(21)22/h1-4,8,10H,5-7H2,(H,21,22). The van der Waals surface area contributed by atoms with Crippen LogP contribution in [0, 0.1) is 11.7 Å². The average molecular weight is 332 g/mol. The van der Waals surface area contributed by atoms with Gasteiger partial charge in [0.15, 0.2) is 0 Å². The van der Waals surface area contributed by atoms with E-state index in [0.29, 0.717) is 19.5 Å². The van der Waals surface area contributed by atoms with Gasteiger partial charge in [0.1, 0.15) is 5.82 Å². The quantitative estimate of drug-likeness (QED) is 0.798. The molecule has 1 aromatic carbocycles. The third-order valence-electron chi connectivity index (χ3n) is 3.98. The highest BCUT2D eigenvalue weighted by molar-refractivity contribution is 7.20. The number of nitrogens with zero attached hydrogens (tertiary/aromatic N) is 4. The lowest BCUT2D eigenvalue weighted by molar-refractivity contribution is -0.140. The number of halogens is 1. The summed E-state index contributed by atoms with van der Waals surface area (Å²) in [5, 5.41) is 14.3. The van der Waals surface area contributed by atoms with Crippen LogP contribution in [0.4, 0.5) is 9.52 Å². The maximum atomic E-state index is 13.0. The van der Waals surface area contributed by atoms with Crippen LogP contribution in [-0.2, 0) is 4.79 Å². The van der Waals surface area contributed by atoms with Gasteiger partial charge in [-0.05, 0) is 30.7 Å². The smallest absolute Gasteiger partial charge is 0.308 e. The Hall–Kier alpha value is -2.48. The molecule has 2 aromatic heterocycles. The summed E-state index contributed by atoms with van der Waals surface area (Å²) in [6, 6.07) is 6.16. The molecule has 3 heterocycles. The van der Waals surface area contributed by atoms with Gasteiger partial charge in [0.05, 0.1) is 17.8 Å². The second-order valence-corrected chi connectivity index (χ2v) is 6.45. The number of rotatable bonds is 3. The van der Waals surface area contributed by atoms with E-state index in [2.05, 4.69) is 10.1 Å². The topological polar surface area (TPSA) is 70.7 Å². The van der Waals surface area contributed by atoms with Crippen molar-refractivity contribution in [2.24, 2.45) is 5.92 Å². The van der Waals surface area contributed by atoms with Crippen molar-refractivity contribution in [3.63, 3.8) is 0 Å². The number of benzene rings is 1. The number of hydrogen-bond donors (Lipinski definition) is 1. The Morgan fingerprint density at radius 2 is 2.13 bits per heavy atom. The van der Waals surface area contributed by atoms with Gasteiger partial charge in [-0.3, -0.25) is 4.79 Å². The molecule has 4 rings (SSSR count). The van der Waals surface area contributed by atoms with Crippen LogP contribution in [0.1, 0.15) is 6.42 Å². The largest absolute Gasteiger partial charge is 0.481 e. The zero-order valence-corrected chi connectivity index (χ0v) is 12.8. The molecule has 1 aliphatic heterocycles. The first kappa shape index (κ1) is 14.1. The van der Waals surface area contributed by atoms with Crippen LogP contribution in [0.3, 0.4) is 0 Å². The molecule has 3 aromatic rings. The lowest BCUT2D eigenvalue weighted by Crippen LogP contribution is -2.22. The van der Waals surface area contributed by atoms with Crippen molar-refractivity contribution < 1.29 is 14.3 Å². The van der Waals surface area contributed by atoms with Crippen LogP contribution in [0.5, 0.6) is 0 Å². The van der Waals surface area contributed by atoms with E-state index in [1.165, 1.54) is 23.5 Å². The normalized spacial score (nSPS) is 18.0. The fraction of sp³-hybridized carbons (Fsp3) is 0.267. The molecule has 0 saturated carbocycles. The van der Waals surface area contributed by atoms with E-state index in [1.807, 2.05) is 4.90 Å². The van der Waals surface area contributed by atoms with E-state index < -0.39 is 5.97 Å². The van der Waals surface area contributed by atoms with Crippen molar-refractivity contribution in [3.05, 3.63) is 36.3 Å². The van der Waals surface area contributed by atoms with Gasteiger partial charge < -0.3 is 10.0 Å². The molecule has 1 aliphatic rings. The van der Waals surface area contributed by atoms with Gasteiger partial charge in [0.25, 0.3) is 0 Å². The maximum Gasteiger partial charge on any atom is 0.308 e. The van der Waals surface area contributed by atoms with E-state index in [0.717, 1.165) is 21.3 Å². The van der Waals surface area contributed by atoms with Gasteiger partial charge in [-0.2, -0.15) is 0 Å². The molecule has 0 spiro atoms. The molecule has 1 N–H and O–H groups in total. The summed E-state index contributed by atoms with van der Waals surface area (Å²) >= 11 is 1.43. The highest BCUT2D eigenvalue weighted by atomic mass is 32.1. The Morgan fingerprint density at radius 3 is 2.78 bits per heavy atom. The zero-order valence-electron chi connectivity index (χ0n) is 12.0. The van der Waals surface area contributed by atoms with E-state index >= 15 is 0 Å². The number of aliphatic carboxylic acids is 1. The van der Waals surface area contributed by atoms with E-state index in [4.69, 9.17) is 5.11 Å². The summed E-state index contributed by atoms with van der Waals surface area (Å²) in [5.74, 6) is -1.37. The number of carboxylic acids is 1. The molecule has 1 saturated heterocycles. The van der Waals surface area contributed by atoms with Gasteiger partial charge in [-0.15, -0.1) is 5.10 Å². The number of aromatic nitrogens is 3. The lowest BCUT2D eigenvalue weighted by Gasteiger charge is -2.12. The molecular weight excluding hydrogens is 319 g/mol. The Morgan fingerprint density at radius 1 is 1.35 bits per heavy atom. The van der Waals surface area contributed by atoms with Crippen LogP contribution in [0.25, 0.3) is 16.2 Å². The lowest BCUT2D eigenvalue weighted by atomic mass is 10.1. The monoisotopic (exact) mass is 332 g/mol. The molecule has 23 heavy (non-hydrogen) atoms. The van der Waals surface area contributed by atoms with Gasteiger partial charge in [-0.25, -0.2) is 13.9 Å². The SMILES string of the molecule is O=C(O)C1CCN(c2nn3cc(-c4ccc(F)cc4)nc3s2)C1. The summed E-state index contributed by atoms with van der Waals surface area (Å²) in [5.41, 5.74) is 1.57. The van der Waals surface area contributed by atoms with Crippen LogP contribution >= 0.6 is 11.3 Å². The number of carboxylic acid groups (broad SMARTS) is 1. The van der Waals surface area contributed by atoms with Gasteiger partial charge in [-0.1, -0.05) is 11.3 Å². The molecule has 0 bridgehead atoms. The Kier molecular flexibility index (Phi) is 3.26. The molecule has 1 fully saturated rings. The number of carbonyl (C=O) groups is 1. The van der Waals surface area contributed by atoms with E-state index in [-0.39, 0.29) is 11.7 Å². The van der Waals surface area contributed by atoms with Crippen LogP contribution < -0.4 is 4.90 Å².